The molecule has 0 saturated heterocycles. The van der Waals surface area contributed by atoms with Gasteiger partial charge >= 0.3 is 0 Å². The fourth-order valence-electron chi connectivity index (χ4n) is 5.06. The standard InChI is InChI=1S/C26H33Cl2N5O/c1-16(2)17-9-11-26(3,12-10-17)15-32(4)24(34)18-13-21-23(29-14-18)33(5)25(30-21)31-22-19(27)7-6-8-20(22)28/h6-8,13-14,16-17H,9-12,15H2,1-5H3,(H,30,31). The predicted octanol–water partition coefficient (Wildman–Crippen LogP) is 6.94. The smallest absolute Gasteiger partial charge is 0.255 e. The minimum absolute atomic E-state index is 0.0316. The van der Waals surface area contributed by atoms with Crippen molar-refractivity contribution in [2.75, 3.05) is 18.9 Å². The molecule has 2 heterocycles. The van der Waals surface area contributed by atoms with E-state index in [1.54, 1.807) is 30.5 Å². The summed E-state index contributed by atoms with van der Waals surface area (Å²) in [5.74, 6) is 2.04. The summed E-state index contributed by atoms with van der Waals surface area (Å²) in [4.78, 5) is 24.3. The zero-order chi connectivity index (χ0) is 24.6. The van der Waals surface area contributed by atoms with Crippen LogP contribution in [-0.2, 0) is 7.05 Å². The first-order chi connectivity index (χ1) is 16.1. The van der Waals surface area contributed by atoms with Crippen LogP contribution < -0.4 is 5.32 Å². The van der Waals surface area contributed by atoms with Crippen molar-refractivity contribution >= 4 is 51.9 Å². The Morgan fingerprint density at radius 1 is 1.26 bits per heavy atom. The van der Waals surface area contributed by atoms with Crippen LogP contribution in [0.5, 0.6) is 0 Å². The number of nitrogens with zero attached hydrogens (tertiary/aromatic N) is 4. The minimum Gasteiger partial charge on any atom is -0.341 e. The number of rotatable bonds is 6. The number of benzene rings is 1. The highest BCUT2D eigenvalue weighted by Crippen LogP contribution is 2.41. The van der Waals surface area contributed by atoms with Gasteiger partial charge in [-0.15, -0.1) is 0 Å². The molecule has 1 N–H and O–H groups in total. The molecule has 1 aliphatic rings. The van der Waals surface area contributed by atoms with Gasteiger partial charge in [0.25, 0.3) is 5.91 Å². The summed E-state index contributed by atoms with van der Waals surface area (Å²) in [5.41, 5.74) is 2.58. The summed E-state index contributed by atoms with van der Waals surface area (Å²) in [6.07, 6.45) is 6.42. The predicted molar refractivity (Wildman–Crippen MR) is 140 cm³/mol. The topological polar surface area (TPSA) is 63.1 Å². The van der Waals surface area contributed by atoms with Gasteiger partial charge in [0.15, 0.2) is 5.65 Å². The summed E-state index contributed by atoms with van der Waals surface area (Å²) < 4.78 is 1.82. The molecular weight excluding hydrogens is 469 g/mol. The van der Waals surface area contributed by atoms with E-state index in [1.807, 2.05) is 23.6 Å². The second kappa shape index (κ2) is 9.74. The summed E-state index contributed by atoms with van der Waals surface area (Å²) >= 11 is 12.6. The van der Waals surface area contributed by atoms with Gasteiger partial charge in [0.05, 0.1) is 21.3 Å². The Bertz CT molecular complexity index is 1180. The fourth-order valence-corrected chi connectivity index (χ4v) is 5.55. The summed E-state index contributed by atoms with van der Waals surface area (Å²) in [6.45, 7) is 7.68. The van der Waals surface area contributed by atoms with E-state index in [2.05, 4.69) is 36.1 Å². The van der Waals surface area contributed by atoms with Gasteiger partial charge in [-0.1, -0.05) is 50.0 Å². The van der Waals surface area contributed by atoms with Crippen LogP contribution in [0.1, 0.15) is 56.8 Å². The van der Waals surface area contributed by atoms with E-state index in [4.69, 9.17) is 23.2 Å². The average molecular weight is 502 g/mol. The van der Waals surface area contributed by atoms with Crippen LogP contribution in [0.4, 0.5) is 11.6 Å². The summed E-state index contributed by atoms with van der Waals surface area (Å²) in [6, 6.07) is 7.12. The van der Waals surface area contributed by atoms with Crippen LogP contribution in [0, 0.1) is 17.3 Å². The number of amides is 1. The van der Waals surface area contributed by atoms with Gasteiger partial charge in [0.2, 0.25) is 5.95 Å². The van der Waals surface area contributed by atoms with Crippen molar-refractivity contribution in [1.29, 1.82) is 0 Å². The number of para-hydroxylation sites is 1. The zero-order valence-electron chi connectivity index (χ0n) is 20.5. The molecule has 0 spiro atoms. The Hall–Kier alpha value is -2.31. The van der Waals surface area contributed by atoms with Crippen LogP contribution in [-0.4, -0.2) is 38.9 Å². The lowest BCUT2D eigenvalue weighted by Crippen LogP contribution is -2.40. The van der Waals surface area contributed by atoms with Crippen molar-refractivity contribution in [3.8, 4) is 0 Å². The lowest BCUT2D eigenvalue weighted by molar-refractivity contribution is 0.0624. The second-order valence-electron chi connectivity index (χ2n) is 10.3. The van der Waals surface area contributed by atoms with E-state index in [-0.39, 0.29) is 11.3 Å². The van der Waals surface area contributed by atoms with E-state index in [0.717, 1.165) is 31.2 Å². The lowest BCUT2D eigenvalue weighted by atomic mass is 9.69. The monoisotopic (exact) mass is 501 g/mol. The highest BCUT2D eigenvalue weighted by Gasteiger charge is 2.34. The second-order valence-corrected chi connectivity index (χ2v) is 11.2. The average Bonchev–Trinajstić information content (AvgIpc) is 3.10. The molecule has 4 rings (SSSR count). The fraction of sp³-hybridized carbons (Fsp3) is 0.500. The molecule has 0 atom stereocenters. The highest BCUT2D eigenvalue weighted by atomic mass is 35.5. The Labute approximate surface area is 211 Å². The number of aromatic nitrogens is 3. The molecule has 1 aliphatic carbocycles. The number of imidazole rings is 1. The van der Waals surface area contributed by atoms with Crippen molar-refractivity contribution in [3.63, 3.8) is 0 Å². The molecule has 0 radical (unpaired) electrons. The van der Waals surface area contributed by atoms with Gasteiger partial charge in [-0.05, 0) is 61.1 Å². The Kier molecular flexibility index (Phi) is 7.11. The molecule has 0 unspecified atom stereocenters. The molecule has 1 amide bonds. The quantitative estimate of drug-likeness (QED) is 0.397. The van der Waals surface area contributed by atoms with E-state index in [9.17, 15) is 4.79 Å². The van der Waals surface area contributed by atoms with Gasteiger partial charge in [-0.2, -0.15) is 0 Å². The van der Waals surface area contributed by atoms with Crippen molar-refractivity contribution in [2.24, 2.45) is 24.3 Å². The van der Waals surface area contributed by atoms with Crippen LogP contribution in [0.3, 0.4) is 0 Å². The zero-order valence-corrected chi connectivity index (χ0v) is 22.0. The molecular formula is C26H33Cl2N5O. The molecule has 1 saturated carbocycles. The molecule has 6 nitrogen and oxygen atoms in total. The van der Waals surface area contributed by atoms with Crippen molar-refractivity contribution < 1.29 is 4.79 Å². The van der Waals surface area contributed by atoms with Crippen LogP contribution in [0.25, 0.3) is 11.2 Å². The Balaban J connectivity index is 1.50. The van der Waals surface area contributed by atoms with Crippen molar-refractivity contribution in [2.45, 2.75) is 46.5 Å². The van der Waals surface area contributed by atoms with E-state index in [1.165, 1.54) is 12.8 Å². The molecule has 0 aliphatic heterocycles. The molecule has 2 aromatic heterocycles. The van der Waals surface area contributed by atoms with E-state index < -0.39 is 0 Å². The minimum atomic E-state index is -0.0316. The number of fused-ring (bicyclic) bond motifs is 1. The molecule has 1 aromatic carbocycles. The third-order valence-electron chi connectivity index (χ3n) is 7.30. The Morgan fingerprint density at radius 3 is 2.53 bits per heavy atom. The molecule has 0 bridgehead atoms. The molecule has 182 valence electrons. The number of carbonyl (C=O) groups excluding carboxylic acids is 1. The SMILES string of the molecule is CC(C)C1CCC(C)(CN(C)C(=O)c2cnc3c(c2)nc(Nc2c(Cl)cccc2Cl)n3C)CC1. The first-order valence-electron chi connectivity index (χ1n) is 11.9. The normalized spacial score (nSPS) is 20.6. The van der Waals surface area contributed by atoms with Crippen molar-refractivity contribution in [3.05, 3.63) is 46.1 Å². The molecule has 34 heavy (non-hydrogen) atoms. The molecule has 1 fully saturated rings. The molecule has 3 aromatic rings. The van der Waals surface area contributed by atoms with E-state index in [0.29, 0.717) is 38.4 Å². The number of anilines is 2. The first-order valence-corrected chi connectivity index (χ1v) is 12.6. The van der Waals surface area contributed by atoms with Crippen LogP contribution in [0.2, 0.25) is 10.0 Å². The Morgan fingerprint density at radius 2 is 1.91 bits per heavy atom. The number of aryl methyl sites for hydroxylation is 1. The summed E-state index contributed by atoms with van der Waals surface area (Å²) in [5, 5.41) is 4.19. The number of hydrogen-bond acceptors (Lipinski definition) is 4. The maximum Gasteiger partial charge on any atom is 0.255 e. The van der Waals surface area contributed by atoms with Crippen LogP contribution in [0.15, 0.2) is 30.5 Å². The van der Waals surface area contributed by atoms with Crippen LogP contribution >= 0.6 is 23.2 Å². The van der Waals surface area contributed by atoms with Gasteiger partial charge in [-0.25, -0.2) is 9.97 Å². The highest BCUT2D eigenvalue weighted by molar-refractivity contribution is 6.39. The maximum absolute atomic E-state index is 13.2. The third kappa shape index (κ3) is 5.03. The largest absolute Gasteiger partial charge is 0.341 e. The summed E-state index contributed by atoms with van der Waals surface area (Å²) in [7, 11) is 3.74. The van der Waals surface area contributed by atoms with Gasteiger partial charge in [0.1, 0.15) is 5.52 Å². The number of nitrogens with one attached hydrogen (secondary N) is 1. The number of carbonyl (C=O) groups is 1. The van der Waals surface area contributed by atoms with Crippen molar-refractivity contribution in [1.82, 2.24) is 19.4 Å². The molecule has 8 heteroatoms. The third-order valence-corrected chi connectivity index (χ3v) is 7.93. The number of pyridine rings is 1. The lowest BCUT2D eigenvalue weighted by Gasteiger charge is -2.41. The van der Waals surface area contributed by atoms with E-state index >= 15 is 0 Å². The van der Waals surface area contributed by atoms with Gasteiger partial charge in [-0.3, -0.25) is 9.36 Å². The van der Waals surface area contributed by atoms with Gasteiger partial charge < -0.3 is 10.2 Å². The maximum atomic E-state index is 13.2. The van der Waals surface area contributed by atoms with Gasteiger partial charge in [0, 0.05) is 26.8 Å². The first kappa shape index (κ1) is 24.8. The number of hydrogen-bond donors (Lipinski definition) is 1. The number of halogens is 2.